The largest absolute Gasteiger partial charge is 0.370 e. The summed E-state index contributed by atoms with van der Waals surface area (Å²) in [6.07, 6.45) is 7.18. The van der Waals surface area contributed by atoms with Crippen molar-refractivity contribution in [2.45, 2.75) is 44.6 Å². The van der Waals surface area contributed by atoms with Crippen LogP contribution in [0.5, 0.6) is 0 Å². The van der Waals surface area contributed by atoms with Crippen LogP contribution in [0.3, 0.4) is 0 Å². The minimum absolute atomic E-state index is 0.187. The van der Waals surface area contributed by atoms with Gasteiger partial charge < -0.3 is 9.64 Å². The molecule has 0 aromatic rings. The fourth-order valence-electron chi connectivity index (χ4n) is 5.06. The lowest BCUT2D eigenvalue weighted by Crippen LogP contribution is -2.70. The zero-order valence-corrected chi connectivity index (χ0v) is 15.0. The number of rotatable bonds is 5. The summed E-state index contributed by atoms with van der Waals surface area (Å²) >= 11 is 0. The molecule has 3 saturated heterocycles. The summed E-state index contributed by atoms with van der Waals surface area (Å²) in [5.41, 5.74) is 0.187. The third-order valence-electron chi connectivity index (χ3n) is 6.76. The lowest BCUT2D eigenvalue weighted by Gasteiger charge is -2.55. The number of hydrogen-bond donors (Lipinski definition) is 0. The summed E-state index contributed by atoms with van der Waals surface area (Å²) in [6, 6.07) is 0. The van der Waals surface area contributed by atoms with Gasteiger partial charge in [-0.05, 0) is 57.2 Å². The molecule has 1 aliphatic carbocycles. The minimum Gasteiger partial charge on any atom is -0.370 e. The summed E-state index contributed by atoms with van der Waals surface area (Å²) in [4.78, 5) is 7.96. The van der Waals surface area contributed by atoms with E-state index in [1.165, 1.54) is 84.5 Å². The molecule has 4 nitrogen and oxygen atoms in total. The van der Waals surface area contributed by atoms with E-state index in [0.717, 1.165) is 25.0 Å². The Kier molecular flexibility index (Phi) is 4.96. The Morgan fingerprint density at radius 1 is 0.826 bits per heavy atom. The maximum Gasteiger partial charge on any atom is 0.106 e. The summed E-state index contributed by atoms with van der Waals surface area (Å²) in [5, 5.41) is 0. The number of ether oxygens (including phenoxy) is 1. The van der Waals surface area contributed by atoms with Gasteiger partial charge in [-0.25, -0.2) is 0 Å². The van der Waals surface area contributed by atoms with Crippen LogP contribution >= 0.6 is 0 Å². The molecule has 3 heterocycles. The van der Waals surface area contributed by atoms with Gasteiger partial charge in [-0.3, -0.25) is 9.80 Å². The van der Waals surface area contributed by atoms with Gasteiger partial charge in [-0.15, -0.1) is 0 Å². The molecule has 0 bridgehead atoms. The molecule has 4 aliphatic rings. The van der Waals surface area contributed by atoms with Crippen molar-refractivity contribution in [2.24, 2.45) is 11.8 Å². The van der Waals surface area contributed by atoms with Crippen molar-refractivity contribution in [1.29, 1.82) is 0 Å². The van der Waals surface area contributed by atoms with Crippen molar-refractivity contribution in [3.63, 3.8) is 0 Å². The SMILES string of the molecule is CCN1CCC(CN2CC3(CN(CC4CCC4)CCO3)C2)CC1. The second kappa shape index (κ2) is 6.99. The molecular weight excluding hydrogens is 286 g/mol. The Morgan fingerprint density at radius 3 is 2.13 bits per heavy atom. The second-order valence-corrected chi connectivity index (χ2v) is 8.61. The molecule has 4 fully saturated rings. The highest BCUT2D eigenvalue weighted by Gasteiger charge is 2.47. The Morgan fingerprint density at radius 2 is 1.48 bits per heavy atom. The Labute approximate surface area is 142 Å². The molecule has 0 amide bonds. The van der Waals surface area contributed by atoms with E-state index in [1.54, 1.807) is 0 Å². The predicted octanol–water partition coefficient (Wildman–Crippen LogP) is 1.91. The van der Waals surface area contributed by atoms with Gasteiger partial charge in [0.05, 0.1) is 6.61 Å². The molecule has 0 N–H and O–H groups in total. The van der Waals surface area contributed by atoms with Crippen LogP contribution in [-0.2, 0) is 4.74 Å². The van der Waals surface area contributed by atoms with E-state index >= 15 is 0 Å². The topological polar surface area (TPSA) is 19.0 Å². The van der Waals surface area contributed by atoms with E-state index in [2.05, 4.69) is 21.6 Å². The Bertz CT molecular complexity index is 384. The second-order valence-electron chi connectivity index (χ2n) is 8.61. The van der Waals surface area contributed by atoms with E-state index in [4.69, 9.17) is 4.74 Å². The molecule has 4 heteroatoms. The average molecular weight is 322 g/mol. The molecule has 23 heavy (non-hydrogen) atoms. The number of morpholine rings is 1. The third-order valence-corrected chi connectivity index (χ3v) is 6.76. The first-order chi connectivity index (χ1) is 11.2. The van der Waals surface area contributed by atoms with Crippen molar-refractivity contribution in [3.8, 4) is 0 Å². The summed E-state index contributed by atoms with van der Waals surface area (Å²) in [7, 11) is 0. The average Bonchev–Trinajstić information content (AvgIpc) is 2.51. The van der Waals surface area contributed by atoms with Gasteiger partial charge in [0.15, 0.2) is 0 Å². The molecular formula is C19H35N3O. The van der Waals surface area contributed by atoms with Crippen LogP contribution in [0.1, 0.15) is 39.0 Å². The van der Waals surface area contributed by atoms with Gasteiger partial charge in [0.1, 0.15) is 5.60 Å². The summed E-state index contributed by atoms with van der Waals surface area (Å²) in [5.74, 6) is 1.91. The summed E-state index contributed by atoms with van der Waals surface area (Å²) in [6.45, 7) is 14.4. The first-order valence-corrected chi connectivity index (χ1v) is 10.1. The molecule has 0 radical (unpaired) electrons. The Hall–Kier alpha value is -0.160. The van der Waals surface area contributed by atoms with Gasteiger partial charge in [-0.2, -0.15) is 0 Å². The van der Waals surface area contributed by atoms with Gasteiger partial charge in [-0.1, -0.05) is 13.3 Å². The van der Waals surface area contributed by atoms with E-state index in [1.807, 2.05) is 0 Å². The van der Waals surface area contributed by atoms with Crippen LogP contribution in [0.4, 0.5) is 0 Å². The van der Waals surface area contributed by atoms with Crippen LogP contribution in [0.2, 0.25) is 0 Å². The van der Waals surface area contributed by atoms with Crippen LogP contribution in [0, 0.1) is 11.8 Å². The zero-order valence-electron chi connectivity index (χ0n) is 15.0. The van der Waals surface area contributed by atoms with E-state index in [9.17, 15) is 0 Å². The lowest BCUT2D eigenvalue weighted by molar-refractivity contribution is -0.188. The fraction of sp³-hybridized carbons (Fsp3) is 1.00. The maximum atomic E-state index is 6.23. The molecule has 0 aromatic heterocycles. The smallest absolute Gasteiger partial charge is 0.106 e. The molecule has 0 aromatic carbocycles. The normalized spacial score (nSPS) is 31.2. The number of nitrogens with zero attached hydrogens (tertiary/aromatic N) is 3. The Balaban J connectivity index is 1.19. The van der Waals surface area contributed by atoms with Crippen molar-refractivity contribution in [1.82, 2.24) is 14.7 Å². The standard InChI is InChI=1S/C19H35N3O/c1-2-20-8-6-18(7-9-20)13-22-15-19(16-22)14-21(10-11-23-19)12-17-4-3-5-17/h17-18H,2-16H2,1H3. The third kappa shape index (κ3) is 3.76. The molecule has 3 aliphatic heterocycles. The van der Waals surface area contributed by atoms with Crippen molar-refractivity contribution in [2.75, 3.05) is 65.5 Å². The highest BCUT2D eigenvalue weighted by molar-refractivity contribution is 5.02. The van der Waals surface area contributed by atoms with Crippen LogP contribution in [-0.4, -0.2) is 85.8 Å². The summed E-state index contributed by atoms with van der Waals surface area (Å²) < 4.78 is 6.23. The molecule has 0 atom stereocenters. The molecule has 0 unspecified atom stereocenters. The molecule has 4 rings (SSSR count). The lowest BCUT2D eigenvalue weighted by atomic mass is 9.84. The highest BCUT2D eigenvalue weighted by Crippen LogP contribution is 2.33. The van der Waals surface area contributed by atoms with Crippen molar-refractivity contribution < 1.29 is 4.74 Å². The predicted molar refractivity (Wildman–Crippen MR) is 93.7 cm³/mol. The minimum atomic E-state index is 0.187. The van der Waals surface area contributed by atoms with E-state index < -0.39 is 0 Å². The van der Waals surface area contributed by atoms with Crippen LogP contribution in [0.25, 0.3) is 0 Å². The van der Waals surface area contributed by atoms with Crippen molar-refractivity contribution >= 4 is 0 Å². The van der Waals surface area contributed by atoms with Crippen LogP contribution in [0.15, 0.2) is 0 Å². The van der Waals surface area contributed by atoms with E-state index in [-0.39, 0.29) is 5.60 Å². The van der Waals surface area contributed by atoms with Gasteiger partial charge in [0.25, 0.3) is 0 Å². The van der Waals surface area contributed by atoms with Gasteiger partial charge in [0, 0.05) is 39.3 Å². The molecule has 1 spiro atoms. The van der Waals surface area contributed by atoms with Gasteiger partial charge in [0.2, 0.25) is 0 Å². The zero-order chi connectivity index (χ0) is 15.7. The highest BCUT2D eigenvalue weighted by atomic mass is 16.5. The van der Waals surface area contributed by atoms with Crippen molar-refractivity contribution in [3.05, 3.63) is 0 Å². The monoisotopic (exact) mass is 321 g/mol. The number of piperidine rings is 1. The fourth-order valence-corrected chi connectivity index (χ4v) is 5.06. The number of likely N-dealkylation sites (tertiary alicyclic amines) is 2. The molecule has 132 valence electrons. The number of hydrogen-bond acceptors (Lipinski definition) is 4. The van der Waals surface area contributed by atoms with Crippen LogP contribution < -0.4 is 0 Å². The molecule has 1 saturated carbocycles. The quantitative estimate of drug-likeness (QED) is 0.770. The van der Waals surface area contributed by atoms with Gasteiger partial charge >= 0.3 is 0 Å². The maximum absolute atomic E-state index is 6.23. The first-order valence-electron chi connectivity index (χ1n) is 10.1. The van der Waals surface area contributed by atoms with E-state index in [0.29, 0.717) is 0 Å². The first kappa shape index (κ1) is 16.3.